The minimum atomic E-state index is -0.0742. The summed E-state index contributed by atoms with van der Waals surface area (Å²) in [6.45, 7) is 0. The summed E-state index contributed by atoms with van der Waals surface area (Å²) < 4.78 is 1.72. The van der Waals surface area contributed by atoms with Crippen molar-refractivity contribution < 1.29 is 4.79 Å². The lowest BCUT2D eigenvalue weighted by Crippen LogP contribution is -2.33. The van der Waals surface area contributed by atoms with E-state index < -0.39 is 0 Å². The molecule has 0 aromatic carbocycles. The van der Waals surface area contributed by atoms with Crippen molar-refractivity contribution in [2.24, 2.45) is 7.05 Å². The minimum absolute atomic E-state index is 0.0742. The van der Waals surface area contributed by atoms with Gasteiger partial charge in [0, 0.05) is 25.0 Å². The lowest BCUT2D eigenvalue weighted by Gasteiger charge is -2.26. The number of aromatic nitrogens is 2. The van der Waals surface area contributed by atoms with Gasteiger partial charge in [0.15, 0.2) is 0 Å². The summed E-state index contributed by atoms with van der Waals surface area (Å²) in [4.78, 5) is 15.7. The van der Waals surface area contributed by atoms with E-state index in [0.717, 1.165) is 18.0 Å². The Hall–Kier alpha value is -1.27. The van der Waals surface area contributed by atoms with Gasteiger partial charge in [-0.2, -0.15) is 5.10 Å². The number of hydrogen-bond acceptors (Lipinski definition) is 4. The van der Waals surface area contributed by atoms with Gasteiger partial charge in [0.1, 0.15) is 11.1 Å². The standard InChI is InChI=1S/C13H15N3OS2/c1-15(11-3-6-14-16(11)2)13(17)12-9-4-7-18-10(9)5-8-19-12/h3-4,6-7,12H,5,8H2,1-2H3. The number of nitrogens with zero attached hydrogens (tertiary/aromatic N) is 3. The van der Waals surface area contributed by atoms with Crippen molar-refractivity contribution in [1.82, 2.24) is 9.78 Å². The predicted molar refractivity (Wildman–Crippen MR) is 79.8 cm³/mol. The van der Waals surface area contributed by atoms with Gasteiger partial charge in [0.05, 0.1) is 6.20 Å². The van der Waals surface area contributed by atoms with Crippen LogP contribution in [0, 0.1) is 0 Å². The molecule has 1 amide bonds. The number of thioether (sulfide) groups is 1. The van der Waals surface area contributed by atoms with Crippen LogP contribution in [0.5, 0.6) is 0 Å². The van der Waals surface area contributed by atoms with Crippen LogP contribution in [0.2, 0.25) is 0 Å². The highest BCUT2D eigenvalue weighted by molar-refractivity contribution is 8.00. The van der Waals surface area contributed by atoms with Gasteiger partial charge in [-0.3, -0.25) is 14.4 Å². The first kappa shape index (κ1) is 12.7. The van der Waals surface area contributed by atoms with E-state index in [2.05, 4.69) is 16.5 Å². The smallest absolute Gasteiger partial charge is 0.245 e. The fraction of sp³-hybridized carbons (Fsp3) is 0.385. The number of carbonyl (C=O) groups is 1. The topological polar surface area (TPSA) is 38.1 Å². The molecule has 0 bridgehead atoms. The molecule has 0 saturated carbocycles. The average Bonchev–Trinajstić information content (AvgIpc) is 3.04. The third-order valence-electron chi connectivity index (χ3n) is 3.37. The maximum absolute atomic E-state index is 12.7. The molecular formula is C13H15N3OS2. The maximum Gasteiger partial charge on any atom is 0.245 e. The van der Waals surface area contributed by atoms with Crippen molar-refractivity contribution in [2.75, 3.05) is 17.7 Å². The Morgan fingerprint density at radius 2 is 2.37 bits per heavy atom. The fourth-order valence-electron chi connectivity index (χ4n) is 2.34. The quantitative estimate of drug-likeness (QED) is 0.854. The molecule has 0 N–H and O–H groups in total. The molecule has 6 heteroatoms. The number of aryl methyl sites for hydroxylation is 2. The van der Waals surface area contributed by atoms with E-state index >= 15 is 0 Å². The highest BCUT2D eigenvalue weighted by Gasteiger charge is 2.31. The Balaban J connectivity index is 1.88. The first-order chi connectivity index (χ1) is 9.18. The van der Waals surface area contributed by atoms with Crippen LogP contribution in [-0.2, 0) is 18.3 Å². The zero-order valence-corrected chi connectivity index (χ0v) is 12.5. The molecule has 100 valence electrons. The van der Waals surface area contributed by atoms with Gasteiger partial charge >= 0.3 is 0 Å². The summed E-state index contributed by atoms with van der Waals surface area (Å²) in [5, 5.41) is 6.13. The number of thiophene rings is 1. The molecule has 3 heterocycles. The molecule has 2 aromatic heterocycles. The Labute approximate surface area is 120 Å². The Bertz CT molecular complexity index is 605. The second-order valence-electron chi connectivity index (χ2n) is 4.51. The number of fused-ring (bicyclic) bond motifs is 1. The molecule has 1 aliphatic rings. The first-order valence-corrected chi connectivity index (χ1v) is 8.05. The van der Waals surface area contributed by atoms with E-state index in [0.29, 0.717) is 0 Å². The Morgan fingerprint density at radius 3 is 3.11 bits per heavy atom. The number of amides is 1. The van der Waals surface area contributed by atoms with Crippen LogP contribution in [0.4, 0.5) is 5.82 Å². The van der Waals surface area contributed by atoms with Crippen molar-refractivity contribution in [3.05, 3.63) is 34.2 Å². The summed E-state index contributed by atoms with van der Waals surface area (Å²) in [5.41, 5.74) is 1.19. The van der Waals surface area contributed by atoms with E-state index in [1.807, 2.05) is 20.2 Å². The van der Waals surface area contributed by atoms with Crippen molar-refractivity contribution in [3.63, 3.8) is 0 Å². The van der Waals surface area contributed by atoms with Crippen LogP contribution in [0.1, 0.15) is 15.7 Å². The summed E-state index contributed by atoms with van der Waals surface area (Å²) in [6, 6.07) is 3.95. The zero-order chi connectivity index (χ0) is 13.4. The largest absolute Gasteiger partial charge is 0.299 e. The van der Waals surface area contributed by atoms with E-state index in [1.54, 1.807) is 38.9 Å². The molecule has 4 nitrogen and oxygen atoms in total. The minimum Gasteiger partial charge on any atom is -0.299 e. The second kappa shape index (κ2) is 5.02. The van der Waals surface area contributed by atoms with Crippen LogP contribution in [-0.4, -0.2) is 28.5 Å². The maximum atomic E-state index is 12.7. The van der Waals surface area contributed by atoms with Crippen LogP contribution in [0.25, 0.3) is 0 Å². The van der Waals surface area contributed by atoms with Gasteiger partial charge in [-0.25, -0.2) is 0 Å². The molecule has 3 rings (SSSR count). The SMILES string of the molecule is CN(C(=O)C1SCCc2sccc21)c1ccnn1C. The fourth-order valence-corrected chi connectivity index (χ4v) is 4.72. The van der Waals surface area contributed by atoms with E-state index in [1.165, 1.54) is 10.4 Å². The monoisotopic (exact) mass is 293 g/mol. The zero-order valence-electron chi connectivity index (χ0n) is 10.9. The average molecular weight is 293 g/mol. The van der Waals surface area contributed by atoms with Gasteiger partial charge < -0.3 is 0 Å². The number of anilines is 1. The van der Waals surface area contributed by atoms with E-state index in [-0.39, 0.29) is 11.2 Å². The van der Waals surface area contributed by atoms with Crippen LogP contribution >= 0.6 is 23.1 Å². The third-order valence-corrected chi connectivity index (χ3v) is 5.59. The van der Waals surface area contributed by atoms with Gasteiger partial charge in [-0.15, -0.1) is 23.1 Å². The molecule has 0 saturated heterocycles. The predicted octanol–water partition coefficient (Wildman–Crippen LogP) is 2.47. The van der Waals surface area contributed by atoms with Crippen LogP contribution in [0.15, 0.2) is 23.7 Å². The van der Waals surface area contributed by atoms with E-state index in [9.17, 15) is 4.79 Å². The lowest BCUT2D eigenvalue weighted by atomic mass is 10.1. The first-order valence-electron chi connectivity index (χ1n) is 6.12. The molecule has 2 aromatic rings. The number of likely N-dealkylation sites (N-methyl/N-ethyl adjacent to an activating group) is 1. The summed E-state index contributed by atoms with van der Waals surface area (Å²) >= 11 is 3.49. The highest BCUT2D eigenvalue weighted by atomic mass is 32.2. The molecule has 19 heavy (non-hydrogen) atoms. The molecule has 0 radical (unpaired) electrons. The molecular weight excluding hydrogens is 278 g/mol. The van der Waals surface area contributed by atoms with Gasteiger partial charge in [-0.1, -0.05) is 0 Å². The molecule has 0 aliphatic carbocycles. The van der Waals surface area contributed by atoms with Gasteiger partial charge in [-0.05, 0) is 29.2 Å². The van der Waals surface area contributed by atoms with Gasteiger partial charge in [0.2, 0.25) is 5.91 Å². The second-order valence-corrected chi connectivity index (χ2v) is 6.72. The van der Waals surface area contributed by atoms with Gasteiger partial charge in [0.25, 0.3) is 0 Å². The van der Waals surface area contributed by atoms with Crippen LogP contribution in [0.3, 0.4) is 0 Å². The highest BCUT2D eigenvalue weighted by Crippen LogP contribution is 2.40. The summed E-state index contributed by atoms with van der Waals surface area (Å²) in [7, 11) is 3.67. The number of carbonyl (C=O) groups excluding carboxylic acids is 1. The van der Waals surface area contributed by atoms with Crippen molar-refractivity contribution >= 4 is 34.8 Å². The summed E-state index contributed by atoms with van der Waals surface area (Å²) in [5.74, 6) is 1.98. The summed E-state index contributed by atoms with van der Waals surface area (Å²) in [6.07, 6.45) is 2.79. The molecule has 0 fully saturated rings. The van der Waals surface area contributed by atoms with Crippen molar-refractivity contribution in [1.29, 1.82) is 0 Å². The molecule has 1 aliphatic heterocycles. The normalized spacial score (nSPS) is 18.1. The van der Waals surface area contributed by atoms with Crippen molar-refractivity contribution in [2.45, 2.75) is 11.7 Å². The van der Waals surface area contributed by atoms with Crippen molar-refractivity contribution in [3.8, 4) is 0 Å². The number of hydrogen-bond donors (Lipinski definition) is 0. The van der Waals surface area contributed by atoms with Crippen LogP contribution < -0.4 is 4.90 Å². The lowest BCUT2D eigenvalue weighted by molar-refractivity contribution is -0.118. The Kier molecular flexibility index (Phi) is 3.36. The third kappa shape index (κ3) is 2.19. The number of rotatable bonds is 2. The molecule has 1 atom stereocenters. The molecule has 0 spiro atoms. The Morgan fingerprint density at radius 1 is 1.53 bits per heavy atom. The molecule has 1 unspecified atom stereocenters. The van der Waals surface area contributed by atoms with E-state index in [4.69, 9.17) is 0 Å².